The van der Waals surface area contributed by atoms with Crippen molar-refractivity contribution in [2.24, 2.45) is 0 Å². The van der Waals surface area contributed by atoms with Crippen molar-refractivity contribution in [1.29, 1.82) is 0 Å². The molecule has 110 valence electrons. The van der Waals surface area contributed by atoms with Gasteiger partial charge in [0.15, 0.2) is 0 Å². The van der Waals surface area contributed by atoms with Gasteiger partial charge in [0, 0.05) is 21.1 Å². The Morgan fingerprint density at radius 2 is 2.00 bits per heavy atom. The molecule has 7 heteroatoms. The molecule has 1 rings (SSSR count). The Morgan fingerprint density at radius 1 is 1.35 bits per heavy atom. The molecule has 0 bridgehead atoms. The lowest BCUT2D eigenvalue weighted by atomic mass is 10.2. The first-order valence-electron chi connectivity index (χ1n) is 6.20. The van der Waals surface area contributed by atoms with Crippen molar-refractivity contribution in [1.82, 2.24) is 9.88 Å². The monoisotopic (exact) mass is 280 g/mol. The van der Waals surface area contributed by atoms with Crippen LogP contribution in [0.1, 0.15) is 17.3 Å². The molecule has 0 saturated heterocycles. The number of aromatic nitrogens is 1. The summed E-state index contributed by atoms with van der Waals surface area (Å²) in [6.45, 7) is 2.08. The summed E-state index contributed by atoms with van der Waals surface area (Å²) < 4.78 is 4.97. The third-order valence-corrected chi connectivity index (χ3v) is 2.62. The van der Waals surface area contributed by atoms with Gasteiger partial charge >= 0.3 is 5.97 Å². The van der Waals surface area contributed by atoms with Crippen LogP contribution in [0.3, 0.4) is 0 Å². The Bertz CT molecular complexity index is 502. The summed E-state index contributed by atoms with van der Waals surface area (Å²) in [7, 11) is 5.01. The number of esters is 1. The van der Waals surface area contributed by atoms with Crippen molar-refractivity contribution in [2.45, 2.75) is 6.92 Å². The van der Waals surface area contributed by atoms with Crippen LogP contribution in [0.4, 0.5) is 11.5 Å². The van der Waals surface area contributed by atoms with Crippen molar-refractivity contribution in [2.75, 3.05) is 44.9 Å². The topological polar surface area (TPSA) is 88.8 Å². The van der Waals surface area contributed by atoms with Gasteiger partial charge in [-0.1, -0.05) is 0 Å². The number of nitrogens with two attached hydrogens (primary N) is 1. The van der Waals surface area contributed by atoms with Gasteiger partial charge in [0.05, 0.1) is 25.0 Å². The SMILES string of the molecule is CCOC(=O)c1cc(N)cnc1N(C)CC(=O)N(C)C. The molecule has 0 radical (unpaired) electrons. The first-order valence-corrected chi connectivity index (χ1v) is 6.20. The molecular weight excluding hydrogens is 260 g/mol. The van der Waals surface area contributed by atoms with E-state index < -0.39 is 5.97 Å². The summed E-state index contributed by atoms with van der Waals surface area (Å²) in [6, 6.07) is 1.50. The third-order valence-electron chi connectivity index (χ3n) is 2.62. The highest BCUT2D eigenvalue weighted by molar-refractivity contribution is 5.96. The van der Waals surface area contributed by atoms with Crippen LogP contribution in [0.15, 0.2) is 12.3 Å². The summed E-state index contributed by atoms with van der Waals surface area (Å²) in [5, 5.41) is 0. The minimum Gasteiger partial charge on any atom is -0.462 e. The van der Waals surface area contributed by atoms with Crippen LogP contribution in [-0.2, 0) is 9.53 Å². The number of rotatable bonds is 5. The Hall–Kier alpha value is -2.31. The van der Waals surface area contributed by atoms with Gasteiger partial charge in [-0.05, 0) is 13.0 Å². The molecule has 7 nitrogen and oxygen atoms in total. The van der Waals surface area contributed by atoms with E-state index in [9.17, 15) is 9.59 Å². The van der Waals surface area contributed by atoms with Gasteiger partial charge in [-0.15, -0.1) is 0 Å². The predicted octanol–water partition coefficient (Wildman–Crippen LogP) is 0.365. The van der Waals surface area contributed by atoms with E-state index in [1.54, 1.807) is 33.0 Å². The molecule has 1 heterocycles. The number of carbonyl (C=O) groups is 2. The van der Waals surface area contributed by atoms with Crippen molar-refractivity contribution in [3.8, 4) is 0 Å². The van der Waals surface area contributed by atoms with Gasteiger partial charge in [-0.3, -0.25) is 4.79 Å². The molecule has 1 amide bonds. The Labute approximate surface area is 118 Å². The van der Waals surface area contributed by atoms with Crippen LogP contribution in [0.2, 0.25) is 0 Å². The smallest absolute Gasteiger partial charge is 0.341 e. The lowest BCUT2D eigenvalue weighted by molar-refractivity contribution is -0.127. The Balaban J connectivity index is 3.04. The second-order valence-electron chi connectivity index (χ2n) is 4.50. The van der Waals surface area contributed by atoms with Crippen molar-refractivity contribution in [3.05, 3.63) is 17.8 Å². The molecule has 0 aromatic carbocycles. The maximum atomic E-state index is 11.9. The van der Waals surface area contributed by atoms with E-state index in [-0.39, 0.29) is 24.6 Å². The molecule has 2 N–H and O–H groups in total. The molecule has 0 saturated carbocycles. The molecule has 0 atom stereocenters. The molecule has 0 unspecified atom stereocenters. The van der Waals surface area contributed by atoms with E-state index in [0.29, 0.717) is 11.5 Å². The van der Waals surface area contributed by atoms with E-state index >= 15 is 0 Å². The fourth-order valence-corrected chi connectivity index (χ4v) is 1.56. The molecule has 0 aliphatic heterocycles. The highest BCUT2D eigenvalue weighted by atomic mass is 16.5. The zero-order chi connectivity index (χ0) is 15.3. The number of carbonyl (C=O) groups excluding carboxylic acids is 2. The number of likely N-dealkylation sites (N-methyl/N-ethyl adjacent to an activating group) is 2. The Morgan fingerprint density at radius 3 is 2.55 bits per heavy atom. The average Bonchev–Trinajstić information content (AvgIpc) is 2.38. The minimum atomic E-state index is -0.508. The molecular formula is C13H20N4O3. The van der Waals surface area contributed by atoms with E-state index in [1.807, 2.05) is 0 Å². The predicted molar refractivity (Wildman–Crippen MR) is 76.6 cm³/mol. The van der Waals surface area contributed by atoms with Crippen LogP contribution >= 0.6 is 0 Å². The fourth-order valence-electron chi connectivity index (χ4n) is 1.56. The van der Waals surface area contributed by atoms with Crippen LogP contribution in [0.5, 0.6) is 0 Å². The number of amides is 1. The quantitative estimate of drug-likeness (QED) is 0.784. The third kappa shape index (κ3) is 3.84. The summed E-state index contributed by atoms with van der Waals surface area (Å²) >= 11 is 0. The lowest BCUT2D eigenvalue weighted by Crippen LogP contribution is -2.35. The van der Waals surface area contributed by atoms with E-state index in [2.05, 4.69) is 4.98 Å². The van der Waals surface area contributed by atoms with Crippen LogP contribution in [-0.4, -0.2) is 56.1 Å². The molecule has 0 aliphatic carbocycles. The fraction of sp³-hybridized carbons (Fsp3) is 0.462. The number of pyridine rings is 1. The maximum absolute atomic E-state index is 11.9. The number of hydrogen-bond acceptors (Lipinski definition) is 6. The van der Waals surface area contributed by atoms with Gasteiger partial charge < -0.3 is 20.3 Å². The summed E-state index contributed by atoms with van der Waals surface area (Å²) in [5.74, 6) is -0.236. The van der Waals surface area contributed by atoms with Crippen LogP contribution in [0.25, 0.3) is 0 Å². The van der Waals surface area contributed by atoms with E-state index in [1.165, 1.54) is 17.2 Å². The molecule has 0 aliphatic rings. The maximum Gasteiger partial charge on any atom is 0.341 e. The van der Waals surface area contributed by atoms with Crippen LogP contribution < -0.4 is 10.6 Å². The van der Waals surface area contributed by atoms with E-state index in [4.69, 9.17) is 10.5 Å². The summed E-state index contributed by atoms with van der Waals surface area (Å²) in [6.07, 6.45) is 1.44. The zero-order valence-corrected chi connectivity index (χ0v) is 12.2. The first kappa shape index (κ1) is 15.7. The van der Waals surface area contributed by atoms with Crippen LogP contribution in [0, 0.1) is 0 Å². The molecule has 0 fully saturated rings. The number of nitrogens with zero attached hydrogens (tertiary/aromatic N) is 3. The second-order valence-corrected chi connectivity index (χ2v) is 4.50. The minimum absolute atomic E-state index is 0.0964. The second kappa shape index (κ2) is 6.74. The highest BCUT2D eigenvalue weighted by Gasteiger charge is 2.19. The lowest BCUT2D eigenvalue weighted by Gasteiger charge is -2.22. The first-order chi connectivity index (χ1) is 9.36. The van der Waals surface area contributed by atoms with E-state index in [0.717, 1.165) is 0 Å². The molecule has 1 aromatic heterocycles. The molecule has 0 spiro atoms. The standard InChI is InChI=1S/C13H20N4O3/c1-5-20-13(19)10-6-9(14)7-15-12(10)17(4)8-11(18)16(2)3/h6-7H,5,8,14H2,1-4H3. The van der Waals surface area contributed by atoms with Gasteiger partial charge in [0.25, 0.3) is 0 Å². The number of ether oxygens (including phenoxy) is 1. The Kier molecular flexibility index (Phi) is 5.31. The molecule has 1 aromatic rings. The summed E-state index contributed by atoms with van der Waals surface area (Å²) in [4.78, 5) is 30.8. The number of hydrogen-bond donors (Lipinski definition) is 1. The average molecular weight is 280 g/mol. The summed E-state index contributed by atoms with van der Waals surface area (Å²) in [5.41, 5.74) is 6.26. The van der Waals surface area contributed by atoms with Crippen molar-refractivity contribution in [3.63, 3.8) is 0 Å². The highest BCUT2D eigenvalue weighted by Crippen LogP contribution is 2.20. The molecule has 20 heavy (non-hydrogen) atoms. The zero-order valence-electron chi connectivity index (χ0n) is 12.2. The number of nitrogen functional groups attached to an aromatic ring is 1. The van der Waals surface area contributed by atoms with Gasteiger partial charge in [0.2, 0.25) is 5.91 Å². The van der Waals surface area contributed by atoms with Gasteiger partial charge in [-0.25, -0.2) is 9.78 Å². The largest absolute Gasteiger partial charge is 0.462 e. The van der Waals surface area contributed by atoms with Gasteiger partial charge in [-0.2, -0.15) is 0 Å². The number of anilines is 2. The van der Waals surface area contributed by atoms with Crippen molar-refractivity contribution >= 4 is 23.4 Å². The normalized spacial score (nSPS) is 10.0. The van der Waals surface area contributed by atoms with Gasteiger partial charge in [0.1, 0.15) is 11.4 Å². The van der Waals surface area contributed by atoms with Crippen molar-refractivity contribution < 1.29 is 14.3 Å².